The third-order valence-electron chi connectivity index (χ3n) is 5.04. The molecule has 2 N–H and O–H groups in total. The lowest BCUT2D eigenvalue weighted by atomic mass is 10.0. The van der Waals surface area contributed by atoms with E-state index in [1.165, 1.54) is 12.4 Å². The highest BCUT2D eigenvalue weighted by Crippen LogP contribution is 2.54. The van der Waals surface area contributed by atoms with Crippen molar-refractivity contribution in [2.45, 2.75) is 30.5 Å². The molecule has 1 aromatic carbocycles. The van der Waals surface area contributed by atoms with Crippen LogP contribution in [0.5, 0.6) is 17.2 Å². The van der Waals surface area contributed by atoms with Gasteiger partial charge in [0.1, 0.15) is 0 Å². The maximum atomic E-state index is 12.8. The van der Waals surface area contributed by atoms with Gasteiger partial charge in [-0.3, -0.25) is 9.78 Å². The first-order valence-electron chi connectivity index (χ1n) is 8.83. The largest absolute Gasteiger partial charge is 0.447 e. The fraction of sp³-hybridized carbons (Fsp3) is 0.333. The molecule has 2 aliphatic heterocycles. The van der Waals surface area contributed by atoms with Crippen LogP contribution in [0.3, 0.4) is 0 Å². The van der Waals surface area contributed by atoms with Crippen LogP contribution in [0.15, 0.2) is 24.5 Å². The molecule has 2 atom stereocenters. The summed E-state index contributed by atoms with van der Waals surface area (Å²) in [5, 5.41) is -1.16. The lowest BCUT2D eigenvalue weighted by molar-refractivity contribution is -0.0955. The number of amides is 1. The van der Waals surface area contributed by atoms with Gasteiger partial charge in [-0.25, -0.2) is 8.42 Å². The van der Waals surface area contributed by atoms with E-state index in [1.807, 2.05) is 0 Å². The fourth-order valence-electron chi connectivity index (χ4n) is 3.67. The molecule has 1 saturated heterocycles. The lowest BCUT2D eigenvalue weighted by Gasteiger charge is -2.36. The van der Waals surface area contributed by atoms with Crippen molar-refractivity contribution >= 4 is 38.9 Å². The molecule has 8 nitrogen and oxygen atoms in total. The number of ether oxygens (including phenoxy) is 3. The SMILES string of the molecule is NC(=O)c1ccc(OC(F)F)c2c1OC1(CCS(=O)(=O)C(c3c(Cl)cncc3Cl)C1)O2. The Kier molecular flexibility index (Phi) is 5.39. The van der Waals surface area contributed by atoms with E-state index in [1.54, 1.807) is 0 Å². The number of pyridine rings is 1. The van der Waals surface area contributed by atoms with E-state index in [0.717, 1.165) is 12.1 Å². The van der Waals surface area contributed by atoms with Crippen LogP contribution in [0.25, 0.3) is 0 Å². The molecule has 31 heavy (non-hydrogen) atoms. The minimum Gasteiger partial charge on any atom is -0.447 e. The number of nitrogens with two attached hydrogens (primary N) is 1. The monoisotopic (exact) mass is 494 g/mol. The summed E-state index contributed by atoms with van der Waals surface area (Å²) in [6, 6.07) is 2.26. The molecule has 0 radical (unpaired) electrons. The molecule has 1 fully saturated rings. The van der Waals surface area contributed by atoms with Crippen LogP contribution in [0.1, 0.15) is 34.0 Å². The molecule has 0 saturated carbocycles. The Labute approximate surface area is 185 Å². The van der Waals surface area contributed by atoms with Crippen LogP contribution >= 0.6 is 23.2 Å². The Morgan fingerprint density at radius 2 is 1.87 bits per heavy atom. The number of benzene rings is 1. The molecule has 4 rings (SSSR count). The average molecular weight is 495 g/mol. The number of primary amides is 1. The lowest BCUT2D eigenvalue weighted by Crippen LogP contribution is -2.47. The molecule has 2 aliphatic rings. The first-order valence-corrected chi connectivity index (χ1v) is 11.3. The highest BCUT2D eigenvalue weighted by atomic mass is 35.5. The quantitative estimate of drug-likeness (QED) is 0.690. The number of aromatic nitrogens is 1. The van der Waals surface area contributed by atoms with Crippen molar-refractivity contribution in [1.29, 1.82) is 0 Å². The molecular weight excluding hydrogens is 481 g/mol. The van der Waals surface area contributed by atoms with E-state index < -0.39 is 33.4 Å². The highest BCUT2D eigenvalue weighted by Gasteiger charge is 2.53. The number of rotatable bonds is 4. The molecule has 1 amide bonds. The number of carbonyl (C=O) groups is 1. The van der Waals surface area contributed by atoms with Gasteiger partial charge in [0.25, 0.3) is 11.7 Å². The summed E-state index contributed by atoms with van der Waals surface area (Å²) in [4.78, 5) is 15.6. The van der Waals surface area contributed by atoms with Gasteiger partial charge in [0.15, 0.2) is 21.3 Å². The van der Waals surface area contributed by atoms with Gasteiger partial charge in [0.05, 0.1) is 26.6 Å². The van der Waals surface area contributed by atoms with Crippen molar-refractivity contribution in [3.8, 4) is 17.2 Å². The van der Waals surface area contributed by atoms with Crippen LogP contribution in [0.2, 0.25) is 10.0 Å². The number of hydrogen-bond donors (Lipinski definition) is 1. The van der Waals surface area contributed by atoms with E-state index in [9.17, 15) is 22.0 Å². The number of halogens is 4. The minimum absolute atomic E-state index is 0.0354. The van der Waals surface area contributed by atoms with Crippen molar-refractivity contribution in [3.63, 3.8) is 0 Å². The van der Waals surface area contributed by atoms with E-state index >= 15 is 0 Å². The number of nitrogens with zero attached hydrogens (tertiary/aromatic N) is 1. The van der Waals surface area contributed by atoms with Crippen molar-refractivity contribution < 1.29 is 36.2 Å². The van der Waals surface area contributed by atoms with Gasteiger partial charge in [0.2, 0.25) is 5.75 Å². The van der Waals surface area contributed by atoms with Crippen LogP contribution in [-0.4, -0.2) is 37.5 Å². The first-order chi connectivity index (χ1) is 14.5. The molecule has 0 aliphatic carbocycles. The Morgan fingerprint density at radius 1 is 1.23 bits per heavy atom. The summed E-state index contributed by atoms with van der Waals surface area (Å²) >= 11 is 12.3. The Balaban J connectivity index is 1.78. The molecule has 166 valence electrons. The standard InChI is InChI=1S/C18H14Cl2F2N2O6S/c19-9-6-24-7-10(20)13(9)12-5-18(3-4-31(12,26)27)29-14-8(16(23)25)1-2-11(15(14)30-18)28-17(21)22/h1-2,6-7,12,17H,3-5H2,(H2,23,25). The number of alkyl halides is 2. The number of carbonyl (C=O) groups excluding carboxylic acids is 1. The number of hydrogen-bond acceptors (Lipinski definition) is 7. The van der Waals surface area contributed by atoms with Crippen LogP contribution in [-0.2, 0) is 9.84 Å². The van der Waals surface area contributed by atoms with Gasteiger partial charge in [-0.05, 0) is 12.1 Å². The summed E-state index contributed by atoms with van der Waals surface area (Å²) in [6.45, 7) is -3.17. The molecule has 0 bridgehead atoms. The van der Waals surface area contributed by atoms with E-state index in [4.69, 9.17) is 38.4 Å². The normalized spacial score (nSPS) is 23.8. The second-order valence-corrected chi connectivity index (χ2v) is 10.1. The average Bonchev–Trinajstić information content (AvgIpc) is 3.04. The van der Waals surface area contributed by atoms with E-state index in [-0.39, 0.29) is 57.0 Å². The minimum atomic E-state index is -3.73. The van der Waals surface area contributed by atoms with Crippen molar-refractivity contribution in [3.05, 3.63) is 45.7 Å². The highest BCUT2D eigenvalue weighted by molar-refractivity contribution is 7.91. The summed E-state index contributed by atoms with van der Waals surface area (Å²) < 4.78 is 67.5. The molecule has 13 heteroatoms. The van der Waals surface area contributed by atoms with Gasteiger partial charge < -0.3 is 19.9 Å². The fourth-order valence-corrected chi connectivity index (χ4v) is 6.42. The van der Waals surface area contributed by atoms with E-state index in [0.29, 0.717) is 0 Å². The zero-order valence-corrected chi connectivity index (χ0v) is 17.8. The predicted molar refractivity (Wildman–Crippen MR) is 106 cm³/mol. The van der Waals surface area contributed by atoms with Crippen molar-refractivity contribution in [2.24, 2.45) is 5.73 Å². The molecule has 1 spiro atoms. The first kappa shape index (κ1) is 21.8. The summed E-state index contributed by atoms with van der Waals surface area (Å²) in [7, 11) is -3.73. The predicted octanol–water partition coefficient (Wildman–Crippen LogP) is 3.51. The molecular formula is C18H14Cl2F2N2O6S. The van der Waals surface area contributed by atoms with Gasteiger partial charge in [-0.2, -0.15) is 8.78 Å². The topological polar surface area (TPSA) is 118 Å². The number of sulfone groups is 1. The summed E-state index contributed by atoms with van der Waals surface area (Å²) in [5.41, 5.74) is 5.35. The molecule has 2 aromatic rings. The molecule has 3 heterocycles. The zero-order chi connectivity index (χ0) is 22.6. The smallest absolute Gasteiger partial charge is 0.387 e. The third kappa shape index (κ3) is 3.85. The van der Waals surface area contributed by atoms with Gasteiger partial charge in [0, 0.05) is 30.8 Å². The van der Waals surface area contributed by atoms with Crippen LogP contribution in [0, 0.1) is 0 Å². The van der Waals surface area contributed by atoms with Crippen LogP contribution < -0.4 is 19.9 Å². The maximum absolute atomic E-state index is 12.8. The van der Waals surface area contributed by atoms with Crippen LogP contribution in [0.4, 0.5) is 8.78 Å². The summed E-state index contributed by atoms with van der Waals surface area (Å²) in [6.07, 6.45) is 2.09. The second kappa shape index (κ2) is 7.64. The molecule has 2 unspecified atom stereocenters. The Hall–Kier alpha value is -2.37. The van der Waals surface area contributed by atoms with Crippen molar-refractivity contribution in [2.75, 3.05) is 5.75 Å². The Morgan fingerprint density at radius 3 is 2.48 bits per heavy atom. The zero-order valence-electron chi connectivity index (χ0n) is 15.5. The summed E-state index contributed by atoms with van der Waals surface area (Å²) in [5.74, 6) is -3.70. The van der Waals surface area contributed by atoms with Crippen molar-refractivity contribution in [1.82, 2.24) is 4.98 Å². The second-order valence-electron chi connectivity index (χ2n) is 6.95. The van der Waals surface area contributed by atoms with Gasteiger partial charge >= 0.3 is 6.61 Å². The van der Waals surface area contributed by atoms with Gasteiger partial charge in [-0.15, -0.1) is 0 Å². The van der Waals surface area contributed by atoms with Gasteiger partial charge in [-0.1, -0.05) is 23.2 Å². The Bertz CT molecular complexity index is 1160. The number of fused-ring (bicyclic) bond motifs is 1. The maximum Gasteiger partial charge on any atom is 0.387 e. The molecule has 1 aromatic heterocycles. The third-order valence-corrected chi connectivity index (χ3v) is 7.69. The van der Waals surface area contributed by atoms with E-state index in [2.05, 4.69) is 9.72 Å².